The highest BCUT2D eigenvalue weighted by molar-refractivity contribution is 6.27. The van der Waals surface area contributed by atoms with Crippen molar-refractivity contribution in [2.75, 3.05) is 16.8 Å². The fourth-order valence-corrected chi connectivity index (χ4v) is 7.21. The molecule has 3 saturated heterocycles. The molecule has 3 aromatic carbocycles. The smallest absolute Gasteiger partial charge is 0.291 e. The zero-order valence-corrected chi connectivity index (χ0v) is 18.3. The highest BCUT2D eigenvalue weighted by atomic mass is 16.2. The van der Waals surface area contributed by atoms with Gasteiger partial charge < -0.3 is 10.2 Å². The minimum Gasteiger partial charge on any atom is -0.320 e. The van der Waals surface area contributed by atoms with Gasteiger partial charge in [0.1, 0.15) is 17.9 Å². The Morgan fingerprint density at radius 1 is 1.00 bits per heavy atom. The molecule has 3 aromatic rings. The Hall–Kier alpha value is -3.51. The van der Waals surface area contributed by atoms with Crippen molar-refractivity contribution in [1.29, 1.82) is 0 Å². The number of fused-ring (bicyclic) bond motifs is 8. The van der Waals surface area contributed by atoms with E-state index in [4.69, 9.17) is 0 Å². The lowest BCUT2D eigenvalue weighted by Crippen LogP contribution is -3.19. The molecule has 4 aliphatic rings. The largest absolute Gasteiger partial charge is 0.320 e. The van der Waals surface area contributed by atoms with Crippen LogP contribution >= 0.6 is 0 Å². The lowest BCUT2D eigenvalue weighted by Gasteiger charge is -2.33. The summed E-state index contributed by atoms with van der Waals surface area (Å²) in [5.74, 6) is -1.71. The van der Waals surface area contributed by atoms with Crippen LogP contribution in [0.25, 0.3) is 10.8 Å². The molecule has 6 nitrogen and oxygen atoms in total. The van der Waals surface area contributed by atoms with Crippen molar-refractivity contribution in [2.24, 2.45) is 11.8 Å². The van der Waals surface area contributed by atoms with Crippen LogP contribution in [0, 0.1) is 18.8 Å². The maximum absolute atomic E-state index is 14.2. The van der Waals surface area contributed by atoms with E-state index >= 15 is 0 Å². The Bertz CT molecular complexity index is 1390. The maximum Gasteiger partial charge on any atom is 0.291 e. The van der Waals surface area contributed by atoms with Gasteiger partial charge in [0.2, 0.25) is 17.4 Å². The van der Waals surface area contributed by atoms with Gasteiger partial charge in [-0.25, -0.2) is 4.90 Å². The Balaban J connectivity index is 1.46. The van der Waals surface area contributed by atoms with E-state index in [1.165, 1.54) is 4.90 Å². The number of anilines is 2. The van der Waals surface area contributed by atoms with Crippen molar-refractivity contribution in [2.45, 2.75) is 31.3 Å². The summed E-state index contributed by atoms with van der Waals surface area (Å²) in [6, 6.07) is 19.4. The molecule has 2 N–H and O–H groups in total. The fourth-order valence-electron chi connectivity index (χ4n) is 7.21. The van der Waals surface area contributed by atoms with Crippen molar-refractivity contribution in [1.82, 2.24) is 0 Å². The highest BCUT2D eigenvalue weighted by Crippen LogP contribution is 2.52. The first-order valence-electron chi connectivity index (χ1n) is 11.7. The van der Waals surface area contributed by atoms with Crippen LogP contribution in [0.2, 0.25) is 0 Å². The van der Waals surface area contributed by atoms with Crippen LogP contribution < -0.4 is 15.1 Å². The number of imide groups is 1. The zero-order valence-electron chi connectivity index (χ0n) is 18.3. The SMILES string of the molecule is Cc1ccc2c(c1)[C@@]1(C(=O)N2)[C@@H]2C(=O)N(c3cccc4ccccc34)C(=O)[C@@H]2[C@@H]2CCC[NH+]21. The third kappa shape index (κ3) is 2.15. The van der Waals surface area contributed by atoms with Gasteiger partial charge in [-0.3, -0.25) is 14.4 Å². The molecule has 3 amide bonds. The summed E-state index contributed by atoms with van der Waals surface area (Å²) >= 11 is 0. The van der Waals surface area contributed by atoms with Gasteiger partial charge >= 0.3 is 0 Å². The van der Waals surface area contributed by atoms with Gasteiger partial charge in [-0.15, -0.1) is 0 Å². The van der Waals surface area contributed by atoms with Gasteiger partial charge in [-0.1, -0.05) is 48.0 Å². The Morgan fingerprint density at radius 3 is 2.70 bits per heavy atom. The van der Waals surface area contributed by atoms with E-state index in [-0.39, 0.29) is 23.8 Å². The molecule has 3 fully saturated rings. The molecule has 0 bridgehead atoms. The van der Waals surface area contributed by atoms with Crippen molar-refractivity contribution in [3.8, 4) is 0 Å². The number of hydrogen-bond acceptors (Lipinski definition) is 3. The first-order chi connectivity index (χ1) is 16.0. The van der Waals surface area contributed by atoms with E-state index in [2.05, 4.69) is 5.32 Å². The number of hydrogen-bond donors (Lipinski definition) is 2. The van der Waals surface area contributed by atoms with Crippen LogP contribution in [0.1, 0.15) is 24.0 Å². The van der Waals surface area contributed by atoms with Crippen LogP contribution in [0.15, 0.2) is 60.7 Å². The van der Waals surface area contributed by atoms with Gasteiger partial charge in [0, 0.05) is 23.8 Å². The Labute approximate surface area is 191 Å². The highest BCUT2D eigenvalue weighted by Gasteiger charge is 2.78. The minimum absolute atomic E-state index is 0.0244. The van der Waals surface area contributed by atoms with Crippen molar-refractivity contribution in [3.63, 3.8) is 0 Å². The van der Waals surface area contributed by atoms with Crippen LogP contribution in [-0.2, 0) is 19.9 Å². The third-order valence-corrected chi connectivity index (χ3v) is 8.38. The van der Waals surface area contributed by atoms with Crippen molar-refractivity contribution < 1.29 is 19.3 Å². The number of quaternary nitrogens is 1. The second kappa shape index (κ2) is 6.29. The van der Waals surface area contributed by atoms with E-state index in [9.17, 15) is 14.4 Å². The van der Waals surface area contributed by atoms with E-state index in [1.807, 2.05) is 67.6 Å². The predicted molar refractivity (Wildman–Crippen MR) is 124 cm³/mol. The molecular formula is C27H24N3O3+. The maximum atomic E-state index is 14.2. The fraction of sp³-hybridized carbons (Fsp3) is 0.296. The van der Waals surface area contributed by atoms with Crippen molar-refractivity contribution in [3.05, 3.63) is 71.8 Å². The third-order valence-electron chi connectivity index (χ3n) is 8.38. The summed E-state index contributed by atoms with van der Waals surface area (Å²) in [5, 5.41) is 4.92. The average Bonchev–Trinajstić information content (AvgIpc) is 3.52. The van der Waals surface area contributed by atoms with Crippen LogP contribution in [0.4, 0.5) is 11.4 Å². The summed E-state index contributed by atoms with van der Waals surface area (Å²) in [5.41, 5.74) is 2.27. The average molecular weight is 439 g/mol. The van der Waals surface area contributed by atoms with Gasteiger partial charge in [0.25, 0.3) is 5.91 Å². The molecule has 0 aliphatic carbocycles. The molecule has 0 saturated carbocycles. The quantitative estimate of drug-likeness (QED) is 0.572. The number of nitrogens with one attached hydrogen (secondary N) is 2. The zero-order chi connectivity index (χ0) is 22.5. The first kappa shape index (κ1) is 19.0. The standard InChI is InChI=1S/C27H23N3O3/c1-15-11-12-19-18(14-15)27(26(33)28-19)23-22(21-10-5-13-29(21)27)24(31)30(25(23)32)20-9-4-7-16-6-2-3-8-17(16)20/h2-4,6-9,11-12,14,21-23H,5,10,13H2,1H3,(H,28,33)/p+1/t21-,22+,23-,27-/m0/s1. The molecule has 33 heavy (non-hydrogen) atoms. The number of rotatable bonds is 1. The molecular weight excluding hydrogens is 414 g/mol. The number of carbonyl (C=O) groups is 3. The number of benzene rings is 3. The number of carbonyl (C=O) groups excluding carboxylic acids is 3. The molecule has 4 heterocycles. The lowest BCUT2D eigenvalue weighted by molar-refractivity contribution is -0.948. The minimum atomic E-state index is -1.04. The van der Waals surface area contributed by atoms with Crippen LogP contribution in [0.5, 0.6) is 0 Å². The molecule has 164 valence electrons. The lowest BCUT2D eigenvalue weighted by atomic mass is 9.75. The van der Waals surface area contributed by atoms with Gasteiger partial charge in [0.05, 0.1) is 17.9 Å². The molecule has 4 aliphatic heterocycles. The Morgan fingerprint density at radius 2 is 1.82 bits per heavy atom. The number of aryl methyl sites for hydroxylation is 1. The molecule has 0 radical (unpaired) electrons. The molecule has 1 unspecified atom stereocenters. The molecule has 6 heteroatoms. The van der Waals surface area contributed by atoms with Crippen molar-refractivity contribution >= 4 is 39.9 Å². The van der Waals surface area contributed by atoms with E-state index < -0.39 is 17.4 Å². The number of amides is 3. The predicted octanol–water partition coefficient (Wildman–Crippen LogP) is 2.16. The summed E-state index contributed by atoms with van der Waals surface area (Å²) < 4.78 is 0. The first-order valence-corrected chi connectivity index (χ1v) is 11.7. The number of nitrogens with zero attached hydrogens (tertiary/aromatic N) is 1. The molecule has 7 rings (SSSR count). The second-order valence-electron chi connectivity index (χ2n) is 9.85. The van der Waals surface area contributed by atoms with E-state index in [1.54, 1.807) is 0 Å². The Kier molecular flexibility index (Phi) is 3.62. The normalized spacial score (nSPS) is 31.9. The summed E-state index contributed by atoms with van der Waals surface area (Å²) in [4.78, 5) is 44.4. The second-order valence-corrected chi connectivity index (χ2v) is 9.85. The molecule has 1 spiro atoms. The summed E-state index contributed by atoms with van der Waals surface area (Å²) in [6.07, 6.45) is 1.81. The summed E-state index contributed by atoms with van der Waals surface area (Å²) in [7, 11) is 0. The molecule has 5 atom stereocenters. The monoisotopic (exact) mass is 438 g/mol. The summed E-state index contributed by atoms with van der Waals surface area (Å²) in [6.45, 7) is 2.80. The van der Waals surface area contributed by atoms with E-state index in [0.29, 0.717) is 5.69 Å². The molecule has 0 aromatic heterocycles. The van der Waals surface area contributed by atoms with Gasteiger partial charge in [-0.05, 0) is 30.5 Å². The van der Waals surface area contributed by atoms with Crippen LogP contribution in [0.3, 0.4) is 0 Å². The topological polar surface area (TPSA) is 70.9 Å². The van der Waals surface area contributed by atoms with E-state index in [0.717, 1.165) is 51.9 Å². The van der Waals surface area contributed by atoms with Gasteiger partial charge in [0.15, 0.2) is 0 Å². The van der Waals surface area contributed by atoms with Gasteiger partial charge in [-0.2, -0.15) is 0 Å². The van der Waals surface area contributed by atoms with Crippen LogP contribution in [-0.4, -0.2) is 30.3 Å².